The molecule has 0 saturated carbocycles. The fourth-order valence-electron chi connectivity index (χ4n) is 1.54. The molecule has 1 saturated heterocycles. The molecule has 2 rings (SSSR count). The molecule has 0 aliphatic carbocycles. The van der Waals surface area contributed by atoms with Crippen LogP contribution < -0.4 is 5.32 Å². The lowest BCUT2D eigenvalue weighted by Gasteiger charge is -2.30. The molecule has 0 spiro atoms. The number of hydrogen-bond acceptors (Lipinski definition) is 4. The monoisotopic (exact) mass is 182 g/mol. The molecule has 0 amide bonds. The summed E-state index contributed by atoms with van der Waals surface area (Å²) in [6.07, 6.45) is 0.998. The summed E-state index contributed by atoms with van der Waals surface area (Å²) in [6.45, 7) is 3.58. The number of piperazine rings is 1. The Morgan fingerprint density at radius 1 is 1.46 bits per heavy atom. The second kappa shape index (κ2) is 3.91. The minimum atomic E-state index is -0.586. The Bertz CT molecular complexity index is 242. The maximum Gasteiger partial charge on any atom is 0.166 e. The van der Waals surface area contributed by atoms with Crippen molar-refractivity contribution in [2.75, 3.05) is 26.2 Å². The quantitative estimate of drug-likeness (QED) is 0.685. The van der Waals surface area contributed by atoms with Crippen LogP contribution in [0.15, 0.2) is 22.8 Å². The Hall–Kier alpha value is -0.840. The van der Waals surface area contributed by atoms with Crippen molar-refractivity contribution < 1.29 is 9.52 Å². The molecule has 4 nitrogen and oxygen atoms in total. The summed E-state index contributed by atoms with van der Waals surface area (Å²) >= 11 is 0. The third-order valence-electron chi connectivity index (χ3n) is 2.30. The van der Waals surface area contributed by atoms with E-state index in [1.54, 1.807) is 18.4 Å². The number of aliphatic hydroxyl groups excluding tert-OH is 1. The van der Waals surface area contributed by atoms with E-state index in [1.807, 2.05) is 4.90 Å². The highest BCUT2D eigenvalue weighted by atomic mass is 16.4. The largest absolute Gasteiger partial charge is 0.465 e. The lowest BCUT2D eigenvalue weighted by Crippen LogP contribution is -2.45. The van der Waals surface area contributed by atoms with E-state index in [0.29, 0.717) is 5.76 Å². The SMILES string of the molecule is OC(c1ccco1)N1CCNCC1. The van der Waals surface area contributed by atoms with Gasteiger partial charge in [-0.05, 0) is 12.1 Å². The number of nitrogens with one attached hydrogen (secondary N) is 1. The standard InChI is InChI=1S/C9H14N2O2/c12-9(8-2-1-7-13-8)11-5-3-10-4-6-11/h1-2,7,9-10,12H,3-6H2. The number of rotatable bonds is 2. The predicted molar refractivity (Wildman–Crippen MR) is 48.1 cm³/mol. The van der Waals surface area contributed by atoms with Crippen molar-refractivity contribution in [1.29, 1.82) is 0 Å². The molecule has 1 aliphatic heterocycles. The van der Waals surface area contributed by atoms with Crippen molar-refractivity contribution in [3.8, 4) is 0 Å². The van der Waals surface area contributed by atoms with Crippen molar-refractivity contribution in [3.63, 3.8) is 0 Å². The van der Waals surface area contributed by atoms with Crippen molar-refractivity contribution in [2.24, 2.45) is 0 Å². The molecule has 4 heteroatoms. The molecule has 1 atom stereocenters. The van der Waals surface area contributed by atoms with Gasteiger partial charge in [0.15, 0.2) is 6.23 Å². The van der Waals surface area contributed by atoms with Crippen LogP contribution in [0, 0.1) is 0 Å². The molecular weight excluding hydrogens is 168 g/mol. The fourth-order valence-corrected chi connectivity index (χ4v) is 1.54. The van der Waals surface area contributed by atoms with Crippen LogP contribution in [-0.4, -0.2) is 36.2 Å². The number of nitrogens with zero attached hydrogens (tertiary/aromatic N) is 1. The van der Waals surface area contributed by atoms with E-state index >= 15 is 0 Å². The molecular formula is C9H14N2O2. The Morgan fingerprint density at radius 2 is 2.23 bits per heavy atom. The van der Waals surface area contributed by atoms with E-state index in [0.717, 1.165) is 26.2 Å². The zero-order valence-corrected chi connectivity index (χ0v) is 7.44. The average molecular weight is 182 g/mol. The van der Waals surface area contributed by atoms with Crippen LogP contribution >= 0.6 is 0 Å². The van der Waals surface area contributed by atoms with Gasteiger partial charge in [-0.3, -0.25) is 4.90 Å². The minimum absolute atomic E-state index is 0.586. The topological polar surface area (TPSA) is 48.6 Å². The summed E-state index contributed by atoms with van der Waals surface area (Å²) in [4.78, 5) is 2.00. The Balaban J connectivity index is 1.99. The Kier molecular flexibility index (Phi) is 2.63. The minimum Gasteiger partial charge on any atom is -0.465 e. The van der Waals surface area contributed by atoms with Gasteiger partial charge in [-0.15, -0.1) is 0 Å². The number of aliphatic hydroxyl groups is 1. The molecule has 13 heavy (non-hydrogen) atoms. The van der Waals surface area contributed by atoms with Crippen molar-refractivity contribution in [3.05, 3.63) is 24.2 Å². The summed E-state index contributed by atoms with van der Waals surface area (Å²) in [5, 5.41) is 13.1. The van der Waals surface area contributed by atoms with Crippen LogP contribution in [0.4, 0.5) is 0 Å². The van der Waals surface area contributed by atoms with Gasteiger partial charge in [-0.2, -0.15) is 0 Å². The third kappa shape index (κ3) is 1.91. The van der Waals surface area contributed by atoms with Gasteiger partial charge in [0.2, 0.25) is 0 Å². The molecule has 0 radical (unpaired) electrons. The van der Waals surface area contributed by atoms with E-state index in [2.05, 4.69) is 5.32 Å². The number of furan rings is 1. The summed E-state index contributed by atoms with van der Waals surface area (Å²) in [5.41, 5.74) is 0. The fraction of sp³-hybridized carbons (Fsp3) is 0.556. The van der Waals surface area contributed by atoms with Crippen LogP contribution in [0.25, 0.3) is 0 Å². The van der Waals surface area contributed by atoms with Gasteiger partial charge in [-0.25, -0.2) is 0 Å². The van der Waals surface area contributed by atoms with Crippen molar-refractivity contribution in [1.82, 2.24) is 10.2 Å². The molecule has 1 aromatic rings. The summed E-state index contributed by atoms with van der Waals surface area (Å²) < 4.78 is 5.14. The zero-order valence-electron chi connectivity index (χ0n) is 7.44. The summed E-state index contributed by atoms with van der Waals surface area (Å²) in [6, 6.07) is 3.59. The lowest BCUT2D eigenvalue weighted by molar-refractivity contribution is -0.0204. The van der Waals surface area contributed by atoms with Gasteiger partial charge in [0.05, 0.1) is 6.26 Å². The zero-order chi connectivity index (χ0) is 9.10. The molecule has 1 aliphatic rings. The van der Waals surface area contributed by atoms with Gasteiger partial charge < -0.3 is 14.8 Å². The normalized spacial score (nSPS) is 21.6. The molecule has 72 valence electrons. The van der Waals surface area contributed by atoms with Crippen molar-refractivity contribution in [2.45, 2.75) is 6.23 Å². The first kappa shape index (κ1) is 8.74. The smallest absolute Gasteiger partial charge is 0.166 e. The van der Waals surface area contributed by atoms with Gasteiger partial charge in [0, 0.05) is 26.2 Å². The molecule has 0 aromatic carbocycles. The van der Waals surface area contributed by atoms with E-state index in [-0.39, 0.29) is 0 Å². The van der Waals surface area contributed by atoms with Gasteiger partial charge >= 0.3 is 0 Å². The van der Waals surface area contributed by atoms with Gasteiger partial charge in [0.25, 0.3) is 0 Å². The third-order valence-corrected chi connectivity index (χ3v) is 2.30. The second-order valence-corrected chi connectivity index (χ2v) is 3.18. The average Bonchev–Trinajstić information content (AvgIpc) is 2.71. The second-order valence-electron chi connectivity index (χ2n) is 3.18. The summed E-state index contributed by atoms with van der Waals surface area (Å²) in [5.74, 6) is 0.627. The van der Waals surface area contributed by atoms with E-state index in [1.165, 1.54) is 0 Å². The number of hydrogen-bond donors (Lipinski definition) is 2. The predicted octanol–water partition coefficient (Wildman–Crippen LogP) is 0.176. The van der Waals surface area contributed by atoms with Crippen LogP contribution in [-0.2, 0) is 0 Å². The Morgan fingerprint density at radius 3 is 2.85 bits per heavy atom. The maximum absolute atomic E-state index is 9.84. The van der Waals surface area contributed by atoms with E-state index in [4.69, 9.17) is 4.42 Å². The van der Waals surface area contributed by atoms with Gasteiger partial charge in [0.1, 0.15) is 5.76 Å². The molecule has 2 N–H and O–H groups in total. The van der Waals surface area contributed by atoms with Crippen molar-refractivity contribution >= 4 is 0 Å². The highest BCUT2D eigenvalue weighted by Crippen LogP contribution is 2.17. The molecule has 2 heterocycles. The lowest BCUT2D eigenvalue weighted by atomic mass is 10.3. The molecule has 1 fully saturated rings. The van der Waals surface area contributed by atoms with E-state index < -0.39 is 6.23 Å². The van der Waals surface area contributed by atoms with Crippen LogP contribution in [0.2, 0.25) is 0 Å². The van der Waals surface area contributed by atoms with E-state index in [9.17, 15) is 5.11 Å². The first-order valence-corrected chi connectivity index (χ1v) is 4.54. The van der Waals surface area contributed by atoms with Crippen LogP contribution in [0.1, 0.15) is 12.0 Å². The first-order valence-electron chi connectivity index (χ1n) is 4.54. The first-order chi connectivity index (χ1) is 6.38. The highest BCUT2D eigenvalue weighted by molar-refractivity contribution is 5.01. The Labute approximate surface area is 77.1 Å². The van der Waals surface area contributed by atoms with Gasteiger partial charge in [-0.1, -0.05) is 0 Å². The van der Waals surface area contributed by atoms with Crippen LogP contribution in [0.5, 0.6) is 0 Å². The molecule has 1 aromatic heterocycles. The van der Waals surface area contributed by atoms with Crippen LogP contribution in [0.3, 0.4) is 0 Å². The molecule has 1 unspecified atom stereocenters. The highest BCUT2D eigenvalue weighted by Gasteiger charge is 2.21. The summed E-state index contributed by atoms with van der Waals surface area (Å²) in [7, 11) is 0. The molecule has 0 bridgehead atoms. The maximum atomic E-state index is 9.84.